The Morgan fingerprint density at radius 1 is 1.09 bits per heavy atom. The molecule has 0 saturated carbocycles. The first-order valence-electron chi connectivity index (χ1n) is 7.80. The van der Waals surface area contributed by atoms with E-state index in [1.165, 1.54) is 11.1 Å². The van der Waals surface area contributed by atoms with Crippen LogP contribution in [0.5, 0.6) is 5.75 Å². The Hall–Kier alpha value is -2.35. The molecule has 112 valence electrons. The van der Waals surface area contributed by atoms with Crippen LogP contribution in [-0.4, -0.2) is 12.4 Å². The molecular formula is C20H20O2. The number of carbonyl (C=O) groups excluding carboxylic acids is 1. The van der Waals surface area contributed by atoms with Crippen LogP contribution >= 0.6 is 0 Å². The summed E-state index contributed by atoms with van der Waals surface area (Å²) >= 11 is 0. The minimum atomic E-state index is 0.0706. The minimum absolute atomic E-state index is 0.0706. The van der Waals surface area contributed by atoms with Crippen LogP contribution in [0.25, 0.3) is 6.08 Å². The lowest BCUT2D eigenvalue weighted by atomic mass is 10.0. The Labute approximate surface area is 131 Å². The second-order valence-corrected chi connectivity index (χ2v) is 5.58. The first-order valence-corrected chi connectivity index (χ1v) is 7.80. The Kier molecular flexibility index (Phi) is 4.38. The molecule has 2 heteroatoms. The third-order valence-corrected chi connectivity index (χ3v) is 4.00. The van der Waals surface area contributed by atoms with Crippen LogP contribution in [0.2, 0.25) is 0 Å². The van der Waals surface area contributed by atoms with Gasteiger partial charge in [-0.25, -0.2) is 0 Å². The van der Waals surface area contributed by atoms with Gasteiger partial charge in [-0.2, -0.15) is 0 Å². The number of carbonyl (C=O) groups is 1. The number of hydrogen-bond acceptors (Lipinski definition) is 2. The molecule has 0 saturated heterocycles. The molecule has 0 bridgehead atoms. The summed E-state index contributed by atoms with van der Waals surface area (Å²) in [6.45, 7) is 2.35. The van der Waals surface area contributed by atoms with Crippen molar-refractivity contribution in [2.45, 2.75) is 26.2 Å². The Morgan fingerprint density at radius 2 is 1.86 bits per heavy atom. The van der Waals surface area contributed by atoms with Gasteiger partial charge in [0.05, 0.1) is 5.56 Å². The molecule has 22 heavy (non-hydrogen) atoms. The fourth-order valence-electron chi connectivity index (χ4n) is 2.63. The van der Waals surface area contributed by atoms with E-state index in [1.54, 1.807) is 0 Å². The van der Waals surface area contributed by atoms with Crippen molar-refractivity contribution in [3.63, 3.8) is 0 Å². The highest BCUT2D eigenvalue weighted by atomic mass is 16.5. The van der Waals surface area contributed by atoms with Gasteiger partial charge < -0.3 is 4.74 Å². The van der Waals surface area contributed by atoms with E-state index in [4.69, 9.17) is 4.74 Å². The van der Waals surface area contributed by atoms with E-state index in [2.05, 4.69) is 43.3 Å². The monoisotopic (exact) mass is 292 g/mol. The summed E-state index contributed by atoms with van der Waals surface area (Å²) in [6, 6.07) is 14.6. The van der Waals surface area contributed by atoms with Crippen molar-refractivity contribution in [3.05, 3.63) is 70.8 Å². The van der Waals surface area contributed by atoms with Crippen LogP contribution in [0, 0.1) is 0 Å². The number of allylic oxidation sites excluding steroid dienone is 1. The lowest BCUT2D eigenvalue weighted by molar-refractivity contribution is 0.0961. The molecule has 0 amide bonds. The highest BCUT2D eigenvalue weighted by Crippen LogP contribution is 2.26. The third-order valence-electron chi connectivity index (χ3n) is 4.00. The molecular weight excluding hydrogens is 272 g/mol. The highest BCUT2D eigenvalue weighted by molar-refractivity contribution is 6.02. The normalized spacial score (nSPS) is 13.4. The number of rotatable bonds is 5. The molecule has 0 spiro atoms. The first kappa shape index (κ1) is 14.6. The molecule has 0 aromatic heterocycles. The number of aryl methyl sites for hydroxylation is 2. The summed E-state index contributed by atoms with van der Waals surface area (Å²) in [7, 11) is 0. The van der Waals surface area contributed by atoms with Gasteiger partial charge in [-0.1, -0.05) is 49.4 Å². The number of fused-ring (bicyclic) bond motifs is 1. The fraction of sp³-hybridized carbons (Fsp3) is 0.250. The first-order chi connectivity index (χ1) is 10.8. The number of ether oxygens (including phenoxy) is 1. The van der Waals surface area contributed by atoms with Crippen molar-refractivity contribution in [1.29, 1.82) is 0 Å². The maximum Gasteiger partial charge on any atom is 0.203 e. The van der Waals surface area contributed by atoms with Gasteiger partial charge >= 0.3 is 0 Å². The molecule has 3 rings (SSSR count). The van der Waals surface area contributed by atoms with E-state index in [-0.39, 0.29) is 12.4 Å². The smallest absolute Gasteiger partial charge is 0.203 e. The summed E-state index contributed by atoms with van der Waals surface area (Å²) in [6.07, 6.45) is 7.35. The van der Waals surface area contributed by atoms with Gasteiger partial charge in [0.15, 0.2) is 6.61 Å². The van der Waals surface area contributed by atoms with Crippen LogP contribution in [0.3, 0.4) is 0 Å². The van der Waals surface area contributed by atoms with Crippen molar-refractivity contribution in [3.8, 4) is 5.75 Å². The van der Waals surface area contributed by atoms with Crippen molar-refractivity contribution < 1.29 is 9.53 Å². The standard InChI is InChI=1S/C20H20O2/c1-2-15-7-9-16(10-8-15)5-3-4-6-17-11-12-20-18(13-17)19(21)14-22-20/h4,6-13H,2-3,5,14H2,1H3/b6-4+. The Morgan fingerprint density at radius 3 is 2.64 bits per heavy atom. The fourth-order valence-corrected chi connectivity index (χ4v) is 2.63. The number of benzene rings is 2. The highest BCUT2D eigenvalue weighted by Gasteiger charge is 2.20. The molecule has 2 nitrogen and oxygen atoms in total. The van der Waals surface area contributed by atoms with E-state index in [9.17, 15) is 4.79 Å². The largest absolute Gasteiger partial charge is 0.485 e. The van der Waals surface area contributed by atoms with Crippen LogP contribution < -0.4 is 4.74 Å². The summed E-state index contributed by atoms with van der Waals surface area (Å²) < 4.78 is 5.29. The Bertz CT molecular complexity index is 696. The molecule has 2 aromatic rings. The quantitative estimate of drug-likeness (QED) is 0.812. The van der Waals surface area contributed by atoms with Crippen LogP contribution in [0.1, 0.15) is 40.4 Å². The lowest BCUT2D eigenvalue weighted by Gasteiger charge is -2.01. The van der Waals surface area contributed by atoms with Gasteiger partial charge in [0, 0.05) is 0 Å². The van der Waals surface area contributed by atoms with Crippen LogP contribution in [0.15, 0.2) is 48.5 Å². The predicted octanol–water partition coefficient (Wildman–Crippen LogP) is 4.47. The van der Waals surface area contributed by atoms with Gasteiger partial charge in [-0.15, -0.1) is 0 Å². The van der Waals surface area contributed by atoms with E-state index < -0.39 is 0 Å². The zero-order chi connectivity index (χ0) is 15.4. The number of hydrogen-bond donors (Lipinski definition) is 0. The van der Waals surface area contributed by atoms with Crippen molar-refractivity contribution in [2.75, 3.05) is 6.61 Å². The average Bonchev–Trinajstić information content (AvgIpc) is 2.93. The topological polar surface area (TPSA) is 26.3 Å². The van der Waals surface area contributed by atoms with Gasteiger partial charge in [0.2, 0.25) is 5.78 Å². The molecule has 0 atom stereocenters. The maximum atomic E-state index is 11.6. The second-order valence-electron chi connectivity index (χ2n) is 5.58. The zero-order valence-corrected chi connectivity index (χ0v) is 12.8. The summed E-state index contributed by atoms with van der Waals surface area (Å²) in [5, 5.41) is 0. The van der Waals surface area contributed by atoms with Gasteiger partial charge in [-0.05, 0) is 48.1 Å². The van der Waals surface area contributed by atoms with Crippen LogP contribution in [0.4, 0.5) is 0 Å². The van der Waals surface area contributed by atoms with Crippen molar-refractivity contribution in [1.82, 2.24) is 0 Å². The molecule has 0 N–H and O–H groups in total. The lowest BCUT2D eigenvalue weighted by Crippen LogP contribution is -1.98. The molecule has 2 aromatic carbocycles. The molecule has 0 aliphatic carbocycles. The van der Waals surface area contributed by atoms with Gasteiger partial charge in [0.1, 0.15) is 5.75 Å². The van der Waals surface area contributed by atoms with E-state index >= 15 is 0 Å². The van der Waals surface area contributed by atoms with Crippen LogP contribution in [-0.2, 0) is 12.8 Å². The summed E-state index contributed by atoms with van der Waals surface area (Å²) in [5.74, 6) is 0.777. The molecule has 1 aliphatic heterocycles. The maximum absolute atomic E-state index is 11.6. The minimum Gasteiger partial charge on any atom is -0.485 e. The molecule has 0 unspecified atom stereocenters. The van der Waals surface area contributed by atoms with Crippen molar-refractivity contribution >= 4 is 11.9 Å². The predicted molar refractivity (Wildman–Crippen MR) is 89.4 cm³/mol. The van der Waals surface area contributed by atoms with E-state index in [0.717, 1.165) is 24.8 Å². The summed E-state index contributed by atoms with van der Waals surface area (Å²) in [4.78, 5) is 11.6. The molecule has 1 heterocycles. The average molecular weight is 292 g/mol. The number of Topliss-reactive ketones (excluding diaryl/α,β-unsaturated/α-hetero) is 1. The molecule has 0 fully saturated rings. The van der Waals surface area contributed by atoms with Gasteiger partial charge in [0.25, 0.3) is 0 Å². The summed E-state index contributed by atoms with van der Waals surface area (Å²) in [5.41, 5.74) is 4.50. The number of ketones is 1. The second kappa shape index (κ2) is 6.61. The van der Waals surface area contributed by atoms with E-state index in [0.29, 0.717) is 11.3 Å². The SMILES string of the molecule is CCc1ccc(CC/C=C/c2ccc3c(c2)C(=O)CO3)cc1. The van der Waals surface area contributed by atoms with Gasteiger partial charge in [-0.3, -0.25) is 4.79 Å². The molecule has 1 aliphatic rings. The zero-order valence-electron chi connectivity index (χ0n) is 12.8. The third kappa shape index (κ3) is 3.28. The van der Waals surface area contributed by atoms with E-state index in [1.807, 2.05) is 18.2 Å². The molecule has 0 radical (unpaired) electrons. The Balaban J connectivity index is 1.58. The van der Waals surface area contributed by atoms with Crippen molar-refractivity contribution in [2.24, 2.45) is 0 Å².